The molecule has 8 aromatic rings. The topological polar surface area (TPSA) is 48.1 Å². The highest BCUT2D eigenvalue weighted by Crippen LogP contribution is 2.46. The lowest BCUT2D eigenvalue weighted by Crippen LogP contribution is -2.24. The first-order valence-electron chi connectivity index (χ1n) is 27.7. The molecule has 0 saturated heterocycles. The molecule has 4 nitrogen and oxygen atoms in total. The van der Waals surface area contributed by atoms with E-state index in [1.54, 1.807) is 0 Å². The van der Waals surface area contributed by atoms with Crippen LogP contribution in [0.3, 0.4) is 0 Å². The van der Waals surface area contributed by atoms with Crippen LogP contribution in [0, 0.1) is 0 Å². The van der Waals surface area contributed by atoms with E-state index in [2.05, 4.69) is 143 Å². The Balaban J connectivity index is 0.000000129. The third kappa shape index (κ3) is 13.9. The van der Waals surface area contributed by atoms with Crippen LogP contribution in [-0.4, -0.2) is 28.2 Å². The van der Waals surface area contributed by atoms with Crippen LogP contribution in [0.5, 0.6) is 0 Å². The van der Waals surface area contributed by atoms with Crippen molar-refractivity contribution >= 4 is 92.8 Å². The number of halogens is 8. The van der Waals surface area contributed by atoms with Gasteiger partial charge in [0.2, 0.25) is 0 Å². The van der Waals surface area contributed by atoms with Gasteiger partial charge in [-0.25, -0.2) is 0 Å². The monoisotopic (exact) mass is 1220 g/mol. The summed E-state index contributed by atoms with van der Waals surface area (Å²) in [6.45, 7) is 0. The third-order valence-electron chi connectivity index (χ3n) is 16.7. The molecule has 80 heavy (non-hydrogen) atoms. The molecular formula is C68H68Cl8N4. The highest BCUT2D eigenvalue weighted by atomic mass is 35.5. The molecule has 4 aliphatic carbocycles. The summed E-state index contributed by atoms with van der Waals surface area (Å²) in [5, 5.41) is 18.6. The van der Waals surface area contributed by atoms with Crippen molar-refractivity contribution in [1.29, 1.82) is 0 Å². The van der Waals surface area contributed by atoms with Crippen molar-refractivity contribution in [3.05, 3.63) is 277 Å². The summed E-state index contributed by atoms with van der Waals surface area (Å²) in [5.74, 6) is 1.63. The minimum absolute atomic E-state index is 0.408. The highest BCUT2D eigenvalue weighted by molar-refractivity contribution is 6.43. The largest absolute Gasteiger partial charge is 0.313 e. The molecule has 0 radical (unpaired) electrons. The summed E-state index contributed by atoms with van der Waals surface area (Å²) in [6.07, 6.45) is 9.05. The molecule has 416 valence electrons. The fourth-order valence-electron chi connectivity index (χ4n) is 12.7. The summed E-state index contributed by atoms with van der Waals surface area (Å²) in [7, 11) is 8.11. The zero-order valence-electron chi connectivity index (χ0n) is 45.5. The van der Waals surface area contributed by atoms with Gasteiger partial charge in [0, 0.05) is 47.8 Å². The molecule has 0 bridgehead atoms. The van der Waals surface area contributed by atoms with Gasteiger partial charge in [0.05, 0.1) is 40.2 Å². The normalized spacial score (nSPS) is 21.6. The second-order valence-electron chi connectivity index (χ2n) is 21.1. The molecule has 1 unspecified atom stereocenters. The molecule has 8 aromatic carbocycles. The lowest BCUT2D eigenvalue weighted by molar-refractivity contribution is 0.471. The molecule has 0 aromatic heterocycles. The van der Waals surface area contributed by atoms with Crippen LogP contribution in [0.2, 0.25) is 40.2 Å². The van der Waals surface area contributed by atoms with Gasteiger partial charge in [0.1, 0.15) is 0 Å². The first kappa shape index (κ1) is 60.5. The quantitative estimate of drug-likeness (QED) is 0.122. The van der Waals surface area contributed by atoms with E-state index in [-0.39, 0.29) is 0 Å². The zero-order valence-corrected chi connectivity index (χ0v) is 51.5. The number of nitrogens with one attached hydrogen (secondary N) is 4. The first-order chi connectivity index (χ1) is 38.8. The lowest BCUT2D eigenvalue weighted by Gasteiger charge is -2.32. The van der Waals surface area contributed by atoms with Crippen LogP contribution >= 0.6 is 92.8 Å². The average molecular weight is 1220 g/mol. The van der Waals surface area contributed by atoms with Crippen LogP contribution < -0.4 is 21.3 Å². The second-order valence-corrected chi connectivity index (χ2v) is 24.4. The molecule has 0 fully saturated rings. The predicted octanol–water partition coefficient (Wildman–Crippen LogP) is 20.7. The minimum atomic E-state index is 0.408. The molecule has 12 rings (SSSR count). The maximum Gasteiger partial charge on any atom is 0.0595 e. The Bertz CT molecular complexity index is 2940. The van der Waals surface area contributed by atoms with Gasteiger partial charge in [0.25, 0.3) is 0 Å². The Kier molecular flexibility index (Phi) is 21.5. The van der Waals surface area contributed by atoms with E-state index in [0.717, 1.165) is 51.4 Å². The number of hydrogen-bond acceptors (Lipinski definition) is 4. The van der Waals surface area contributed by atoms with Crippen LogP contribution in [0.15, 0.2) is 170 Å². The van der Waals surface area contributed by atoms with Crippen molar-refractivity contribution in [2.75, 3.05) is 28.2 Å². The lowest BCUT2D eigenvalue weighted by atomic mass is 9.77. The van der Waals surface area contributed by atoms with E-state index >= 15 is 0 Å². The van der Waals surface area contributed by atoms with E-state index in [1.165, 1.54) is 66.8 Å². The van der Waals surface area contributed by atoms with Gasteiger partial charge in [0.15, 0.2) is 0 Å². The fourth-order valence-corrected chi connectivity index (χ4v) is 13.9. The molecule has 12 heteroatoms. The molecule has 0 amide bonds. The van der Waals surface area contributed by atoms with Gasteiger partial charge in [-0.05, 0) is 195 Å². The standard InChI is InChI=1S/4C17H17Cl2N/c4*1-20-17-9-7-12(13-4-2-3-5-14(13)17)11-6-8-15(18)16(19)10-11/h4*2-6,8,10,12,17,20H,7,9H2,1H3/t12?,17-;2*12-,17+;12-,17-/m1100/s1. The number of benzene rings is 8. The molecule has 0 saturated carbocycles. The van der Waals surface area contributed by atoms with Crippen LogP contribution in [0.1, 0.15) is 166 Å². The van der Waals surface area contributed by atoms with E-state index in [0.29, 0.717) is 88.0 Å². The fraction of sp³-hybridized carbons (Fsp3) is 0.294. The summed E-state index contributed by atoms with van der Waals surface area (Å²) in [4.78, 5) is 0. The van der Waals surface area contributed by atoms with E-state index in [1.807, 2.05) is 76.7 Å². The van der Waals surface area contributed by atoms with Crippen molar-refractivity contribution in [2.24, 2.45) is 0 Å². The van der Waals surface area contributed by atoms with Crippen molar-refractivity contribution in [2.45, 2.75) is 99.2 Å². The minimum Gasteiger partial charge on any atom is -0.313 e. The van der Waals surface area contributed by atoms with Crippen molar-refractivity contribution in [1.82, 2.24) is 21.3 Å². The third-order valence-corrected chi connectivity index (χ3v) is 19.7. The molecule has 0 aliphatic heterocycles. The van der Waals surface area contributed by atoms with Crippen molar-refractivity contribution < 1.29 is 0 Å². The van der Waals surface area contributed by atoms with E-state index in [4.69, 9.17) is 92.8 Å². The first-order valence-corrected chi connectivity index (χ1v) is 30.7. The van der Waals surface area contributed by atoms with Crippen molar-refractivity contribution in [3.8, 4) is 0 Å². The Hall–Kier alpha value is -4.08. The molecule has 8 atom stereocenters. The SMILES string of the molecule is CN[C@@H]1CCC(c2ccc(Cl)c(Cl)c2)c2ccccc21.CN[C@@H]1CC[C@@H](c2ccc(Cl)c(Cl)c2)c2ccccc21.CN[C@H]1CC[C@@H](c2ccc(Cl)c(Cl)c2)c2ccccc21.CN[C@H]1CC[C@H](c2ccc(Cl)c(Cl)c2)c2ccccc21. The Morgan fingerprint density at radius 2 is 0.425 bits per heavy atom. The maximum atomic E-state index is 6.17. The molecular weight excluding hydrogens is 1160 g/mol. The van der Waals surface area contributed by atoms with Gasteiger partial charge in [-0.3, -0.25) is 0 Å². The van der Waals surface area contributed by atoms with Crippen molar-refractivity contribution in [3.63, 3.8) is 0 Å². The van der Waals surface area contributed by atoms with Gasteiger partial charge in [-0.1, -0.05) is 214 Å². The average Bonchev–Trinajstić information content (AvgIpc) is 3.50. The van der Waals surface area contributed by atoms with Gasteiger partial charge < -0.3 is 21.3 Å². The molecule has 4 N–H and O–H groups in total. The molecule has 0 spiro atoms. The summed E-state index contributed by atoms with van der Waals surface area (Å²) in [6, 6.07) is 60.5. The molecule has 4 aliphatic rings. The summed E-state index contributed by atoms with van der Waals surface area (Å²) in [5.41, 5.74) is 16.2. The van der Waals surface area contributed by atoms with Crippen LogP contribution in [0.4, 0.5) is 0 Å². The Morgan fingerprint density at radius 3 is 0.600 bits per heavy atom. The molecule has 0 heterocycles. The smallest absolute Gasteiger partial charge is 0.0595 e. The number of fused-ring (bicyclic) bond motifs is 4. The second kappa shape index (κ2) is 28.5. The summed E-state index contributed by atoms with van der Waals surface area (Å²) >= 11 is 48.8. The van der Waals surface area contributed by atoms with E-state index < -0.39 is 0 Å². The maximum absolute atomic E-state index is 6.17. The van der Waals surface area contributed by atoms with Gasteiger partial charge in [-0.15, -0.1) is 0 Å². The highest BCUT2D eigenvalue weighted by Gasteiger charge is 2.31. The zero-order chi connectivity index (χ0) is 56.5. The van der Waals surface area contributed by atoms with E-state index in [9.17, 15) is 0 Å². The summed E-state index contributed by atoms with van der Waals surface area (Å²) < 4.78 is 0. The Labute approximate surface area is 514 Å². The van der Waals surface area contributed by atoms with Crippen LogP contribution in [0.25, 0.3) is 0 Å². The van der Waals surface area contributed by atoms with Gasteiger partial charge in [-0.2, -0.15) is 0 Å². The predicted molar refractivity (Wildman–Crippen MR) is 343 cm³/mol. The Morgan fingerprint density at radius 1 is 0.237 bits per heavy atom. The number of rotatable bonds is 8. The number of hydrogen-bond donors (Lipinski definition) is 4. The van der Waals surface area contributed by atoms with Gasteiger partial charge >= 0.3 is 0 Å². The van der Waals surface area contributed by atoms with Crippen LogP contribution in [-0.2, 0) is 0 Å².